The topological polar surface area (TPSA) is 42.4 Å². The molecule has 1 aliphatic rings. The number of hydrogen-bond acceptors (Lipinski definition) is 4. The van der Waals surface area contributed by atoms with Gasteiger partial charge in [0.15, 0.2) is 0 Å². The minimum atomic E-state index is -0.134. The molecule has 2 rings (SSSR count). The standard InChI is InChI=1S/C12H15BrN2O2/c1-17-12(16)11-3-2-4-15(11)8-9-5-10(13)7-14-6-9/h5-7,11H,2-4,8H2,1H3/t11-/m0/s1. The van der Waals surface area contributed by atoms with Crippen LogP contribution in [0.1, 0.15) is 18.4 Å². The monoisotopic (exact) mass is 298 g/mol. The van der Waals surface area contributed by atoms with E-state index in [0.717, 1.165) is 36.0 Å². The molecule has 0 saturated carbocycles. The smallest absolute Gasteiger partial charge is 0.323 e. The van der Waals surface area contributed by atoms with Crippen LogP contribution >= 0.6 is 15.9 Å². The summed E-state index contributed by atoms with van der Waals surface area (Å²) in [7, 11) is 1.44. The van der Waals surface area contributed by atoms with Gasteiger partial charge in [-0.1, -0.05) is 0 Å². The molecule has 1 aromatic heterocycles. The summed E-state index contributed by atoms with van der Waals surface area (Å²) in [6.45, 7) is 1.68. The van der Waals surface area contributed by atoms with E-state index in [1.54, 1.807) is 6.20 Å². The summed E-state index contributed by atoms with van der Waals surface area (Å²) in [6.07, 6.45) is 5.51. The number of nitrogens with zero attached hydrogens (tertiary/aromatic N) is 2. The van der Waals surface area contributed by atoms with Crippen LogP contribution in [0, 0.1) is 0 Å². The number of aromatic nitrogens is 1. The van der Waals surface area contributed by atoms with Crippen LogP contribution in [0.2, 0.25) is 0 Å². The summed E-state index contributed by atoms with van der Waals surface area (Å²) in [6, 6.07) is 1.93. The number of rotatable bonds is 3. The Kier molecular flexibility index (Phi) is 4.12. The lowest BCUT2D eigenvalue weighted by atomic mass is 10.2. The maximum Gasteiger partial charge on any atom is 0.323 e. The van der Waals surface area contributed by atoms with Crippen LogP contribution < -0.4 is 0 Å². The number of esters is 1. The third-order valence-electron chi connectivity index (χ3n) is 2.98. The molecule has 1 aromatic rings. The van der Waals surface area contributed by atoms with Gasteiger partial charge >= 0.3 is 5.97 Å². The first-order valence-electron chi connectivity index (χ1n) is 5.62. The number of likely N-dealkylation sites (tertiary alicyclic amines) is 1. The summed E-state index contributed by atoms with van der Waals surface area (Å²) in [5, 5.41) is 0. The molecule has 0 aromatic carbocycles. The van der Waals surface area contributed by atoms with E-state index in [-0.39, 0.29) is 12.0 Å². The molecule has 0 radical (unpaired) electrons. The minimum Gasteiger partial charge on any atom is -0.468 e. The molecule has 1 atom stereocenters. The van der Waals surface area contributed by atoms with E-state index in [4.69, 9.17) is 4.74 Å². The molecule has 1 fully saturated rings. The Hall–Kier alpha value is -0.940. The summed E-state index contributed by atoms with van der Waals surface area (Å²) < 4.78 is 5.78. The molecule has 0 aliphatic carbocycles. The average Bonchev–Trinajstić information content (AvgIpc) is 2.76. The van der Waals surface area contributed by atoms with E-state index >= 15 is 0 Å². The van der Waals surface area contributed by atoms with Crippen molar-refractivity contribution < 1.29 is 9.53 Å². The van der Waals surface area contributed by atoms with Gasteiger partial charge in [-0.2, -0.15) is 0 Å². The van der Waals surface area contributed by atoms with Gasteiger partial charge in [-0.05, 0) is 46.9 Å². The van der Waals surface area contributed by atoms with Crippen LogP contribution in [-0.4, -0.2) is 35.5 Å². The number of carbonyl (C=O) groups excluding carboxylic acids is 1. The number of ether oxygens (including phenoxy) is 1. The summed E-state index contributed by atoms with van der Waals surface area (Å²) >= 11 is 3.40. The summed E-state index contributed by atoms with van der Waals surface area (Å²) in [5.41, 5.74) is 1.11. The molecule has 4 nitrogen and oxygen atoms in total. The van der Waals surface area contributed by atoms with Crippen LogP contribution in [0.4, 0.5) is 0 Å². The summed E-state index contributed by atoms with van der Waals surface area (Å²) in [5.74, 6) is -0.134. The van der Waals surface area contributed by atoms with Gasteiger partial charge in [0.2, 0.25) is 0 Å². The predicted molar refractivity (Wildman–Crippen MR) is 67.4 cm³/mol. The first-order valence-corrected chi connectivity index (χ1v) is 6.41. The first kappa shape index (κ1) is 12.5. The van der Waals surface area contributed by atoms with Crippen molar-refractivity contribution in [1.82, 2.24) is 9.88 Å². The highest BCUT2D eigenvalue weighted by Crippen LogP contribution is 2.21. The van der Waals surface area contributed by atoms with Gasteiger partial charge in [0.25, 0.3) is 0 Å². The SMILES string of the molecule is COC(=O)[C@@H]1CCCN1Cc1cncc(Br)c1. The average molecular weight is 299 g/mol. The maximum absolute atomic E-state index is 11.6. The largest absolute Gasteiger partial charge is 0.468 e. The zero-order valence-corrected chi connectivity index (χ0v) is 11.3. The van der Waals surface area contributed by atoms with E-state index in [2.05, 4.69) is 25.8 Å². The Morgan fingerprint density at radius 3 is 3.18 bits per heavy atom. The van der Waals surface area contributed by atoms with Crippen LogP contribution in [0.5, 0.6) is 0 Å². The summed E-state index contributed by atoms with van der Waals surface area (Å²) in [4.78, 5) is 17.9. The number of hydrogen-bond donors (Lipinski definition) is 0. The normalized spacial score (nSPS) is 20.5. The Labute approximate surface area is 109 Å². The van der Waals surface area contributed by atoms with Gasteiger partial charge in [-0.15, -0.1) is 0 Å². The van der Waals surface area contributed by atoms with Gasteiger partial charge in [0, 0.05) is 23.4 Å². The van der Waals surface area contributed by atoms with Crippen molar-refractivity contribution in [1.29, 1.82) is 0 Å². The second kappa shape index (κ2) is 5.60. The zero-order valence-electron chi connectivity index (χ0n) is 9.73. The molecule has 92 valence electrons. The first-order chi connectivity index (χ1) is 8.20. The predicted octanol–water partition coefficient (Wildman–Crippen LogP) is 1.98. The number of halogens is 1. The van der Waals surface area contributed by atoms with Crippen molar-refractivity contribution in [2.75, 3.05) is 13.7 Å². The maximum atomic E-state index is 11.6. The van der Waals surface area contributed by atoms with Crippen molar-refractivity contribution in [2.24, 2.45) is 0 Å². The van der Waals surface area contributed by atoms with Gasteiger partial charge in [0.05, 0.1) is 7.11 Å². The van der Waals surface area contributed by atoms with Crippen LogP contribution in [0.3, 0.4) is 0 Å². The van der Waals surface area contributed by atoms with Crippen molar-refractivity contribution >= 4 is 21.9 Å². The van der Waals surface area contributed by atoms with Gasteiger partial charge in [-0.3, -0.25) is 14.7 Å². The van der Waals surface area contributed by atoms with Crippen molar-refractivity contribution in [3.63, 3.8) is 0 Å². The molecule has 17 heavy (non-hydrogen) atoms. The molecule has 1 saturated heterocycles. The second-order valence-electron chi connectivity index (χ2n) is 4.16. The van der Waals surface area contributed by atoms with Crippen LogP contribution in [0.25, 0.3) is 0 Å². The van der Waals surface area contributed by atoms with Crippen LogP contribution in [0.15, 0.2) is 22.9 Å². The molecule has 0 unspecified atom stereocenters. The van der Waals surface area contributed by atoms with E-state index in [1.807, 2.05) is 12.3 Å². The van der Waals surface area contributed by atoms with Gasteiger partial charge < -0.3 is 4.74 Å². The van der Waals surface area contributed by atoms with Crippen molar-refractivity contribution in [3.8, 4) is 0 Å². The van der Waals surface area contributed by atoms with Crippen LogP contribution in [-0.2, 0) is 16.1 Å². The van der Waals surface area contributed by atoms with Gasteiger partial charge in [0.1, 0.15) is 6.04 Å². The fourth-order valence-corrected chi connectivity index (χ4v) is 2.61. The lowest BCUT2D eigenvalue weighted by molar-refractivity contribution is -0.146. The van der Waals surface area contributed by atoms with E-state index < -0.39 is 0 Å². The molecule has 0 amide bonds. The quantitative estimate of drug-likeness (QED) is 0.801. The lowest BCUT2D eigenvalue weighted by Crippen LogP contribution is -2.36. The number of pyridine rings is 1. The number of carbonyl (C=O) groups is 1. The molecule has 5 heteroatoms. The molecule has 0 N–H and O–H groups in total. The fourth-order valence-electron chi connectivity index (χ4n) is 2.20. The van der Waals surface area contributed by atoms with E-state index in [1.165, 1.54) is 7.11 Å². The fraction of sp³-hybridized carbons (Fsp3) is 0.500. The van der Waals surface area contributed by atoms with Gasteiger partial charge in [-0.25, -0.2) is 0 Å². The third kappa shape index (κ3) is 3.04. The molecular weight excluding hydrogens is 284 g/mol. The highest BCUT2D eigenvalue weighted by molar-refractivity contribution is 9.10. The lowest BCUT2D eigenvalue weighted by Gasteiger charge is -2.22. The Bertz CT molecular complexity index is 411. The van der Waals surface area contributed by atoms with Crippen molar-refractivity contribution in [3.05, 3.63) is 28.5 Å². The minimum absolute atomic E-state index is 0.0982. The highest BCUT2D eigenvalue weighted by Gasteiger charge is 2.31. The van der Waals surface area contributed by atoms with Crippen molar-refractivity contribution in [2.45, 2.75) is 25.4 Å². The Balaban J connectivity index is 2.05. The third-order valence-corrected chi connectivity index (χ3v) is 3.42. The Morgan fingerprint density at radius 2 is 2.47 bits per heavy atom. The van der Waals surface area contributed by atoms with E-state index in [0.29, 0.717) is 0 Å². The highest BCUT2D eigenvalue weighted by atomic mass is 79.9. The second-order valence-corrected chi connectivity index (χ2v) is 5.08. The number of methoxy groups -OCH3 is 1. The molecule has 0 bridgehead atoms. The Morgan fingerprint density at radius 1 is 1.65 bits per heavy atom. The molecular formula is C12H15BrN2O2. The molecule has 1 aliphatic heterocycles. The molecule has 0 spiro atoms. The van der Waals surface area contributed by atoms with E-state index in [9.17, 15) is 4.79 Å². The zero-order chi connectivity index (χ0) is 12.3. The molecule has 2 heterocycles.